The molecule has 1 aromatic heterocycles. The minimum Gasteiger partial charge on any atom is -0.368 e. The zero-order valence-electron chi connectivity index (χ0n) is 10.3. The van der Waals surface area contributed by atoms with E-state index in [2.05, 4.69) is 15.2 Å². The van der Waals surface area contributed by atoms with Crippen LogP contribution >= 0.6 is 11.8 Å². The van der Waals surface area contributed by atoms with Gasteiger partial charge in [0.1, 0.15) is 0 Å². The molecule has 0 aliphatic rings. The van der Waals surface area contributed by atoms with Crippen LogP contribution in [0.5, 0.6) is 0 Å². The number of hydrogen-bond donors (Lipinski definition) is 2. The zero-order chi connectivity index (χ0) is 12.7. The van der Waals surface area contributed by atoms with E-state index in [0.717, 1.165) is 25.3 Å². The molecule has 1 amide bonds. The number of H-pyrrole nitrogens is 1. The van der Waals surface area contributed by atoms with Gasteiger partial charge in [-0.3, -0.25) is 4.79 Å². The Bertz CT molecular complexity index is 350. The first kappa shape index (κ1) is 13.8. The summed E-state index contributed by atoms with van der Waals surface area (Å²) >= 11 is 1.51. The molecule has 0 spiro atoms. The molecule has 3 N–H and O–H groups in total. The number of nitrogen functional groups attached to an aromatic ring is 1. The van der Waals surface area contributed by atoms with Crippen molar-refractivity contribution >= 4 is 23.6 Å². The molecule has 0 radical (unpaired) electrons. The number of nitrogens with zero attached hydrogens (tertiary/aromatic N) is 3. The number of amides is 1. The van der Waals surface area contributed by atoms with Crippen LogP contribution in [0.1, 0.15) is 26.7 Å². The Morgan fingerprint density at radius 1 is 1.47 bits per heavy atom. The molecule has 6 nitrogen and oxygen atoms in total. The Balaban J connectivity index is 2.17. The summed E-state index contributed by atoms with van der Waals surface area (Å²) in [6, 6.07) is 0. The van der Waals surface area contributed by atoms with Gasteiger partial charge < -0.3 is 10.6 Å². The van der Waals surface area contributed by atoms with Gasteiger partial charge in [-0.2, -0.15) is 4.98 Å². The van der Waals surface area contributed by atoms with E-state index in [0.29, 0.717) is 17.5 Å². The molecular formula is C10H19N5OS. The van der Waals surface area contributed by atoms with E-state index in [4.69, 9.17) is 5.73 Å². The number of nitrogens with one attached hydrogen (secondary N) is 1. The van der Waals surface area contributed by atoms with Gasteiger partial charge >= 0.3 is 0 Å². The lowest BCUT2D eigenvalue weighted by Gasteiger charge is -2.18. The molecule has 96 valence electrons. The number of nitrogens with two attached hydrogens (primary N) is 1. The number of aromatic nitrogens is 3. The predicted octanol–water partition coefficient (Wildman–Crippen LogP) is 1.13. The van der Waals surface area contributed by atoms with Crippen LogP contribution < -0.4 is 5.73 Å². The van der Waals surface area contributed by atoms with E-state index in [1.165, 1.54) is 11.8 Å². The van der Waals surface area contributed by atoms with Gasteiger partial charge in [0.05, 0.1) is 0 Å². The molecule has 1 aromatic rings. The van der Waals surface area contributed by atoms with E-state index < -0.39 is 0 Å². The van der Waals surface area contributed by atoms with Crippen LogP contribution in [-0.2, 0) is 4.79 Å². The van der Waals surface area contributed by atoms with Crippen LogP contribution in [0.3, 0.4) is 0 Å². The smallest absolute Gasteiger partial charge is 0.222 e. The maximum absolute atomic E-state index is 11.7. The SMILES string of the molecule is CCN(CC)C(=O)CCCSc1n[nH]c(N)n1. The topological polar surface area (TPSA) is 87.9 Å². The van der Waals surface area contributed by atoms with Crippen molar-refractivity contribution in [3.63, 3.8) is 0 Å². The lowest BCUT2D eigenvalue weighted by molar-refractivity contribution is -0.130. The molecule has 1 heterocycles. The van der Waals surface area contributed by atoms with Gasteiger partial charge in [-0.15, -0.1) is 5.10 Å². The van der Waals surface area contributed by atoms with Crippen molar-refractivity contribution in [2.75, 3.05) is 24.6 Å². The average molecular weight is 257 g/mol. The summed E-state index contributed by atoms with van der Waals surface area (Å²) in [6.45, 7) is 5.54. The Labute approximate surface area is 105 Å². The highest BCUT2D eigenvalue weighted by Gasteiger charge is 2.09. The van der Waals surface area contributed by atoms with Crippen molar-refractivity contribution in [2.45, 2.75) is 31.8 Å². The third kappa shape index (κ3) is 4.64. The molecule has 0 bridgehead atoms. The minimum atomic E-state index is 0.213. The van der Waals surface area contributed by atoms with Gasteiger partial charge in [-0.25, -0.2) is 5.10 Å². The summed E-state index contributed by atoms with van der Waals surface area (Å²) < 4.78 is 0. The van der Waals surface area contributed by atoms with Crippen molar-refractivity contribution in [3.05, 3.63) is 0 Å². The van der Waals surface area contributed by atoms with Crippen molar-refractivity contribution in [1.82, 2.24) is 20.1 Å². The highest BCUT2D eigenvalue weighted by molar-refractivity contribution is 7.99. The first-order valence-corrected chi connectivity index (χ1v) is 6.74. The fourth-order valence-electron chi connectivity index (χ4n) is 1.44. The van der Waals surface area contributed by atoms with Crippen molar-refractivity contribution in [1.29, 1.82) is 0 Å². The van der Waals surface area contributed by atoms with E-state index in [9.17, 15) is 4.79 Å². The maximum Gasteiger partial charge on any atom is 0.222 e. The Hall–Kier alpha value is -1.24. The molecule has 0 aliphatic heterocycles. The molecule has 0 aliphatic carbocycles. The second-order valence-corrected chi connectivity index (χ2v) is 4.58. The van der Waals surface area contributed by atoms with E-state index >= 15 is 0 Å². The number of hydrogen-bond acceptors (Lipinski definition) is 5. The zero-order valence-corrected chi connectivity index (χ0v) is 11.1. The van der Waals surface area contributed by atoms with Crippen molar-refractivity contribution in [2.24, 2.45) is 0 Å². The first-order chi connectivity index (χ1) is 8.17. The number of thioether (sulfide) groups is 1. The largest absolute Gasteiger partial charge is 0.368 e. The van der Waals surface area contributed by atoms with E-state index in [1.807, 2.05) is 18.7 Å². The molecule has 7 heteroatoms. The van der Waals surface area contributed by atoms with Crippen LogP contribution in [0.2, 0.25) is 0 Å². The summed E-state index contributed by atoms with van der Waals surface area (Å²) in [7, 11) is 0. The highest BCUT2D eigenvalue weighted by atomic mass is 32.2. The number of anilines is 1. The first-order valence-electron chi connectivity index (χ1n) is 5.75. The number of aromatic amines is 1. The quantitative estimate of drug-likeness (QED) is 0.564. The monoisotopic (exact) mass is 257 g/mol. The summed E-state index contributed by atoms with van der Waals surface area (Å²) in [6.07, 6.45) is 1.41. The predicted molar refractivity (Wildman–Crippen MR) is 68.7 cm³/mol. The van der Waals surface area contributed by atoms with Crippen LogP contribution in [0.25, 0.3) is 0 Å². The molecule has 0 fully saturated rings. The molecule has 0 saturated carbocycles. The third-order valence-electron chi connectivity index (χ3n) is 2.36. The summed E-state index contributed by atoms with van der Waals surface area (Å²) in [5, 5.41) is 7.12. The molecule has 0 aromatic carbocycles. The molecule has 0 saturated heterocycles. The summed E-state index contributed by atoms with van der Waals surface area (Å²) in [5.74, 6) is 1.36. The minimum absolute atomic E-state index is 0.213. The molecule has 0 atom stereocenters. The fraction of sp³-hybridized carbons (Fsp3) is 0.700. The standard InChI is InChI=1S/C10H19N5OS/c1-3-15(4-2)8(16)6-5-7-17-10-12-9(11)13-14-10/h3-7H2,1-2H3,(H3,11,12,13,14). The summed E-state index contributed by atoms with van der Waals surface area (Å²) in [5.41, 5.74) is 5.40. The maximum atomic E-state index is 11.7. The molecule has 17 heavy (non-hydrogen) atoms. The normalized spacial score (nSPS) is 10.5. The molecule has 1 rings (SSSR count). The fourth-order valence-corrected chi connectivity index (χ4v) is 2.19. The number of carbonyl (C=O) groups excluding carboxylic acids is 1. The van der Waals surface area contributed by atoms with Crippen LogP contribution in [0, 0.1) is 0 Å². The van der Waals surface area contributed by atoms with Gasteiger partial charge in [0.25, 0.3) is 0 Å². The molecule has 0 unspecified atom stereocenters. The van der Waals surface area contributed by atoms with E-state index in [-0.39, 0.29) is 5.91 Å². The van der Waals surface area contributed by atoms with Gasteiger partial charge in [-0.1, -0.05) is 11.8 Å². The second kappa shape index (κ2) is 7.16. The Morgan fingerprint density at radius 2 is 2.18 bits per heavy atom. The van der Waals surface area contributed by atoms with Crippen LogP contribution in [0.15, 0.2) is 5.16 Å². The van der Waals surface area contributed by atoms with Gasteiger partial charge in [0.2, 0.25) is 17.0 Å². The van der Waals surface area contributed by atoms with Gasteiger partial charge in [0.15, 0.2) is 0 Å². The lowest BCUT2D eigenvalue weighted by Crippen LogP contribution is -2.30. The van der Waals surface area contributed by atoms with Gasteiger partial charge in [-0.05, 0) is 20.3 Å². The Morgan fingerprint density at radius 3 is 2.71 bits per heavy atom. The Kier molecular flexibility index (Phi) is 5.82. The molecular weight excluding hydrogens is 238 g/mol. The van der Waals surface area contributed by atoms with Crippen molar-refractivity contribution in [3.8, 4) is 0 Å². The second-order valence-electron chi connectivity index (χ2n) is 3.52. The lowest BCUT2D eigenvalue weighted by atomic mass is 10.3. The number of rotatable bonds is 7. The van der Waals surface area contributed by atoms with Gasteiger partial charge in [0, 0.05) is 25.3 Å². The third-order valence-corrected chi connectivity index (χ3v) is 3.30. The summed E-state index contributed by atoms with van der Waals surface area (Å²) in [4.78, 5) is 17.5. The van der Waals surface area contributed by atoms with E-state index in [1.54, 1.807) is 0 Å². The average Bonchev–Trinajstić information content (AvgIpc) is 2.72. The highest BCUT2D eigenvalue weighted by Crippen LogP contribution is 2.15. The van der Waals surface area contributed by atoms with Crippen LogP contribution in [0.4, 0.5) is 5.95 Å². The van der Waals surface area contributed by atoms with Crippen LogP contribution in [-0.4, -0.2) is 44.8 Å². The van der Waals surface area contributed by atoms with Crippen molar-refractivity contribution < 1.29 is 4.79 Å². The number of carbonyl (C=O) groups is 1.